The highest BCUT2D eigenvalue weighted by Crippen LogP contribution is 2.31. The topological polar surface area (TPSA) is 53.4 Å². The predicted octanol–water partition coefficient (Wildman–Crippen LogP) is 2.96. The highest BCUT2D eigenvalue weighted by Gasteiger charge is 2.34. The molecule has 20 heavy (non-hydrogen) atoms. The number of aromatic carboxylic acids is 1. The minimum atomic E-state index is -4.59. The number of hydrogen-bond acceptors (Lipinski definition) is 3. The van der Waals surface area contributed by atoms with Crippen LogP contribution < -0.4 is 4.90 Å². The first kappa shape index (κ1) is 14.4. The van der Waals surface area contributed by atoms with E-state index in [1.54, 1.807) is 4.90 Å². The van der Waals surface area contributed by atoms with E-state index in [0.717, 1.165) is 11.6 Å². The monoisotopic (exact) mass is 286 g/mol. The van der Waals surface area contributed by atoms with Gasteiger partial charge in [0.1, 0.15) is 17.1 Å². The molecule has 1 N–H and O–H groups in total. The smallest absolute Gasteiger partial charge is 0.433 e. The molecular formula is C13H13F3N2O2. The Kier molecular flexibility index (Phi) is 3.69. The first-order valence-corrected chi connectivity index (χ1v) is 6.01. The fourth-order valence-corrected chi connectivity index (χ4v) is 2.11. The summed E-state index contributed by atoms with van der Waals surface area (Å²) >= 11 is 0. The van der Waals surface area contributed by atoms with E-state index in [0.29, 0.717) is 25.6 Å². The van der Waals surface area contributed by atoms with Crippen LogP contribution in [0.4, 0.5) is 19.0 Å². The maximum atomic E-state index is 12.7. The lowest BCUT2D eigenvalue weighted by Crippen LogP contribution is -2.32. The third-order valence-corrected chi connectivity index (χ3v) is 3.03. The Bertz CT molecular complexity index is 567. The number of rotatable bonds is 2. The van der Waals surface area contributed by atoms with Gasteiger partial charge >= 0.3 is 12.1 Å². The Balaban J connectivity index is 2.47. The van der Waals surface area contributed by atoms with Crippen molar-refractivity contribution in [3.63, 3.8) is 0 Å². The summed E-state index contributed by atoms with van der Waals surface area (Å²) in [5, 5.41) is 9.09. The number of pyridine rings is 1. The Hall–Kier alpha value is -2.05. The van der Waals surface area contributed by atoms with Gasteiger partial charge in [0.15, 0.2) is 0 Å². The number of carboxylic acid groups (broad SMARTS) is 1. The largest absolute Gasteiger partial charge is 0.478 e. The number of anilines is 1. The molecule has 2 rings (SSSR count). The third kappa shape index (κ3) is 2.92. The van der Waals surface area contributed by atoms with Crippen molar-refractivity contribution in [2.24, 2.45) is 0 Å². The quantitative estimate of drug-likeness (QED) is 0.849. The van der Waals surface area contributed by atoms with Gasteiger partial charge in [-0.1, -0.05) is 11.6 Å². The summed E-state index contributed by atoms with van der Waals surface area (Å²) in [6.07, 6.45) is -1.96. The van der Waals surface area contributed by atoms with Crippen LogP contribution in [0.15, 0.2) is 23.8 Å². The van der Waals surface area contributed by atoms with Crippen molar-refractivity contribution in [3.8, 4) is 0 Å². The highest BCUT2D eigenvalue weighted by atomic mass is 19.4. The van der Waals surface area contributed by atoms with Gasteiger partial charge in [0, 0.05) is 13.1 Å². The summed E-state index contributed by atoms with van der Waals surface area (Å²) < 4.78 is 38.1. The van der Waals surface area contributed by atoms with Crippen molar-refractivity contribution in [1.82, 2.24) is 4.98 Å². The van der Waals surface area contributed by atoms with Gasteiger partial charge in [-0.25, -0.2) is 9.78 Å². The second kappa shape index (κ2) is 5.15. The van der Waals surface area contributed by atoms with Crippen LogP contribution in [-0.2, 0) is 6.18 Å². The molecule has 0 fully saturated rings. The average Bonchev–Trinajstić information content (AvgIpc) is 2.37. The Morgan fingerprint density at radius 2 is 2.10 bits per heavy atom. The molecule has 0 bridgehead atoms. The summed E-state index contributed by atoms with van der Waals surface area (Å²) in [7, 11) is 0. The van der Waals surface area contributed by atoms with E-state index in [1.165, 1.54) is 0 Å². The van der Waals surface area contributed by atoms with E-state index in [1.807, 2.05) is 13.0 Å². The van der Waals surface area contributed by atoms with Gasteiger partial charge in [0.25, 0.3) is 0 Å². The number of carbonyl (C=O) groups is 1. The van der Waals surface area contributed by atoms with Crippen LogP contribution in [-0.4, -0.2) is 29.1 Å². The lowest BCUT2D eigenvalue weighted by atomic mass is 10.1. The van der Waals surface area contributed by atoms with E-state index in [4.69, 9.17) is 5.11 Å². The number of alkyl halides is 3. The summed E-state index contributed by atoms with van der Waals surface area (Å²) in [4.78, 5) is 16.2. The number of halogens is 3. The zero-order valence-corrected chi connectivity index (χ0v) is 10.7. The van der Waals surface area contributed by atoms with Crippen LogP contribution in [0.5, 0.6) is 0 Å². The Morgan fingerprint density at radius 3 is 2.65 bits per heavy atom. The standard InChI is InChI=1S/C13H13F3N2O2/c1-8-3-2-6-18(7-8)11-9(12(19)20)4-5-10(17-11)13(14,15)16/h3-5H,2,6-7H2,1H3,(H,19,20). The fraction of sp³-hybridized carbons (Fsp3) is 0.385. The van der Waals surface area contributed by atoms with Crippen molar-refractivity contribution in [1.29, 1.82) is 0 Å². The normalized spacial score (nSPS) is 16.0. The van der Waals surface area contributed by atoms with E-state index >= 15 is 0 Å². The van der Waals surface area contributed by atoms with Crippen molar-refractivity contribution >= 4 is 11.8 Å². The molecule has 0 unspecified atom stereocenters. The van der Waals surface area contributed by atoms with Crippen molar-refractivity contribution in [2.75, 3.05) is 18.0 Å². The molecule has 0 aromatic carbocycles. The first-order chi connectivity index (χ1) is 9.29. The molecule has 2 heterocycles. The number of nitrogens with zero attached hydrogens (tertiary/aromatic N) is 2. The lowest BCUT2D eigenvalue weighted by molar-refractivity contribution is -0.141. The highest BCUT2D eigenvalue weighted by molar-refractivity contribution is 5.93. The van der Waals surface area contributed by atoms with Gasteiger partial charge in [0.05, 0.1) is 0 Å². The molecule has 1 aromatic rings. The average molecular weight is 286 g/mol. The number of aromatic nitrogens is 1. The van der Waals surface area contributed by atoms with E-state index < -0.39 is 17.8 Å². The van der Waals surface area contributed by atoms with Crippen LogP contribution in [0.3, 0.4) is 0 Å². The molecule has 0 spiro atoms. The maximum absolute atomic E-state index is 12.7. The van der Waals surface area contributed by atoms with Crippen LogP contribution >= 0.6 is 0 Å². The van der Waals surface area contributed by atoms with Crippen LogP contribution in [0.2, 0.25) is 0 Å². The zero-order chi connectivity index (χ0) is 14.9. The molecule has 0 atom stereocenters. The fourth-order valence-electron chi connectivity index (χ4n) is 2.11. The van der Waals surface area contributed by atoms with Crippen LogP contribution in [0.1, 0.15) is 29.4 Å². The molecule has 0 saturated heterocycles. The molecule has 7 heteroatoms. The summed E-state index contributed by atoms with van der Waals surface area (Å²) in [5.41, 5.74) is -0.316. The van der Waals surface area contributed by atoms with E-state index in [2.05, 4.69) is 4.98 Å². The third-order valence-electron chi connectivity index (χ3n) is 3.03. The zero-order valence-electron chi connectivity index (χ0n) is 10.7. The first-order valence-electron chi connectivity index (χ1n) is 6.01. The van der Waals surface area contributed by atoms with Gasteiger partial charge < -0.3 is 10.0 Å². The molecular weight excluding hydrogens is 273 g/mol. The number of carboxylic acids is 1. The van der Waals surface area contributed by atoms with E-state index in [9.17, 15) is 18.0 Å². The molecule has 1 aliphatic rings. The molecule has 0 aliphatic carbocycles. The minimum Gasteiger partial charge on any atom is -0.478 e. The van der Waals surface area contributed by atoms with E-state index in [-0.39, 0.29) is 11.4 Å². The van der Waals surface area contributed by atoms with Gasteiger partial charge in [-0.2, -0.15) is 13.2 Å². The molecule has 1 aliphatic heterocycles. The summed E-state index contributed by atoms with van der Waals surface area (Å²) in [6.45, 7) is 2.68. The van der Waals surface area contributed by atoms with Crippen LogP contribution in [0.25, 0.3) is 0 Å². The molecule has 0 saturated carbocycles. The lowest BCUT2D eigenvalue weighted by Gasteiger charge is -2.28. The predicted molar refractivity (Wildman–Crippen MR) is 66.8 cm³/mol. The molecule has 0 amide bonds. The molecule has 0 radical (unpaired) electrons. The SMILES string of the molecule is CC1=CCCN(c2nc(C(F)(F)F)ccc2C(=O)O)C1. The van der Waals surface area contributed by atoms with Gasteiger partial charge in [-0.3, -0.25) is 0 Å². The second-order valence-electron chi connectivity index (χ2n) is 4.63. The molecule has 4 nitrogen and oxygen atoms in total. The van der Waals surface area contributed by atoms with Crippen molar-refractivity contribution in [2.45, 2.75) is 19.5 Å². The van der Waals surface area contributed by atoms with Crippen LogP contribution in [0, 0.1) is 0 Å². The number of hydrogen-bond donors (Lipinski definition) is 1. The summed E-state index contributed by atoms with van der Waals surface area (Å²) in [6, 6.07) is 1.65. The van der Waals surface area contributed by atoms with Gasteiger partial charge in [-0.05, 0) is 25.5 Å². The molecule has 1 aromatic heterocycles. The van der Waals surface area contributed by atoms with Crippen molar-refractivity contribution in [3.05, 3.63) is 35.0 Å². The maximum Gasteiger partial charge on any atom is 0.433 e. The Morgan fingerprint density at radius 1 is 1.40 bits per heavy atom. The second-order valence-corrected chi connectivity index (χ2v) is 4.63. The minimum absolute atomic E-state index is 0.125. The van der Waals surface area contributed by atoms with Crippen molar-refractivity contribution < 1.29 is 23.1 Å². The summed E-state index contributed by atoms with van der Waals surface area (Å²) in [5.74, 6) is -1.41. The Labute approximate surface area is 113 Å². The van der Waals surface area contributed by atoms with Gasteiger partial charge in [-0.15, -0.1) is 0 Å². The molecule has 108 valence electrons. The van der Waals surface area contributed by atoms with Gasteiger partial charge in [0.2, 0.25) is 0 Å².